The Morgan fingerprint density at radius 2 is 1.37 bits per heavy atom. The highest BCUT2D eigenvalue weighted by atomic mass is 16.5. The van der Waals surface area contributed by atoms with E-state index in [1.807, 2.05) is 18.2 Å². The SMILES string of the molecule is NC1=NC(=O)c2c1c1c3ccccc3n3c1c1c2c2ccccc2n1C1CCC3O1. The lowest BCUT2D eigenvalue weighted by molar-refractivity contribution is -0.0229. The molecule has 8 rings (SSSR count). The zero-order valence-electron chi connectivity index (χ0n) is 15.9. The van der Waals surface area contributed by atoms with Crippen molar-refractivity contribution >= 4 is 55.4 Å². The van der Waals surface area contributed by atoms with E-state index < -0.39 is 0 Å². The predicted molar refractivity (Wildman–Crippen MR) is 116 cm³/mol. The zero-order chi connectivity index (χ0) is 19.7. The van der Waals surface area contributed by atoms with E-state index in [4.69, 9.17) is 10.5 Å². The van der Waals surface area contributed by atoms with Gasteiger partial charge in [-0.3, -0.25) is 4.79 Å². The Kier molecular flexibility index (Phi) is 2.41. The van der Waals surface area contributed by atoms with Crippen LogP contribution in [0.25, 0.3) is 43.6 Å². The molecule has 3 aliphatic rings. The molecule has 144 valence electrons. The molecular formula is C24H16N4O2. The van der Waals surface area contributed by atoms with Crippen LogP contribution >= 0.6 is 0 Å². The molecule has 0 aliphatic carbocycles. The van der Waals surface area contributed by atoms with Gasteiger partial charge in [-0.2, -0.15) is 4.99 Å². The Morgan fingerprint density at radius 3 is 1.97 bits per heavy atom. The van der Waals surface area contributed by atoms with Crippen molar-refractivity contribution in [2.24, 2.45) is 10.7 Å². The normalized spacial score (nSPS) is 22.0. The number of amidine groups is 1. The minimum atomic E-state index is -0.251. The first kappa shape index (κ1) is 15.2. The Bertz CT molecular complexity index is 1670. The molecule has 0 saturated carbocycles. The average molecular weight is 392 g/mol. The fourth-order valence-corrected chi connectivity index (χ4v) is 6.02. The highest BCUT2D eigenvalue weighted by Gasteiger charge is 2.40. The lowest BCUT2D eigenvalue weighted by atomic mass is 9.96. The van der Waals surface area contributed by atoms with Crippen molar-refractivity contribution in [3.05, 3.63) is 59.7 Å². The van der Waals surface area contributed by atoms with Crippen LogP contribution in [0.5, 0.6) is 0 Å². The second-order valence-electron chi connectivity index (χ2n) is 8.40. The monoisotopic (exact) mass is 392 g/mol. The molecule has 5 aromatic rings. The van der Waals surface area contributed by atoms with Crippen LogP contribution in [0.2, 0.25) is 0 Å². The van der Waals surface area contributed by atoms with Gasteiger partial charge in [-0.15, -0.1) is 0 Å². The van der Waals surface area contributed by atoms with Crippen molar-refractivity contribution in [3.63, 3.8) is 0 Å². The Morgan fingerprint density at radius 1 is 0.833 bits per heavy atom. The smallest absolute Gasteiger partial charge is 0.280 e. The first-order valence-electron chi connectivity index (χ1n) is 10.3. The summed E-state index contributed by atoms with van der Waals surface area (Å²) in [6, 6.07) is 16.6. The van der Waals surface area contributed by atoms with Gasteiger partial charge in [-0.05, 0) is 25.0 Å². The Hall–Kier alpha value is -3.64. The van der Waals surface area contributed by atoms with E-state index in [9.17, 15) is 4.79 Å². The molecule has 3 aromatic carbocycles. The Balaban J connectivity index is 1.82. The fraction of sp³-hybridized carbons (Fsp3) is 0.167. The molecule has 0 spiro atoms. The second kappa shape index (κ2) is 4.74. The summed E-state index contributed by atoms with van der Waals surface area (Å²) in [7, 11) is 0. The third kappa shape index (κ3) is 1.46. The van der Waals surface area contributed by atoms with Gasteiger partial charge in [0.25, 0.3) is 5.91 Å². The first-order chi connectivity index (χ1) is 14.7. The summed E-state index contributed by atoms with van der Waals surface area (Å²) in [6.45, 7) is 0. The number of benzene rings is 3. The van der Waals surface area contributed by atoms with Crippen molar-refractivity contribution in [2.75, 3.05) is 0 Å². The van der Waals surface area contributed by atoms with Crippen LogP contribution < -0.4 is 5.73 Å². The summed E-state index contributed by atoms with van der Waals surface area (Å²) in [6.07, 6.45) is 1.81. The fourth-order valence-electron chi connectivity index (χ4n) is 6.02. The van der Waals surface area contributed by atoms with Gasteiger partial charge in [0.2, 0.25) is 0 Å². The van der Waals surface area contributed by atoms with Crippen molar-refractivity contribution < 1.29 is 9.53 Å². The van der Waals surface area contributed by atoms with Crippen LogP contribution in [-0.4, -0.2) is 20.9 Å². The van der Waals surface area contributed by atoms with E-state index in [0.29, 0.717) is 11.4 Å². The number of amides is 1. The summed E-state index contributed by atoms with van der Waals surface area (Å²) < 4.78 is 11.2. The van der Waals surface area contributed by atoms with Crippen LogP contribution in [-0.2, 0) is 4.74 Å². The van der Waals surface area contributed by atoms with E-state index in [0.717, 1.165) is 62.0 Å². The average Bonchev–Trinajstić information content (AvgIpc) is 3.46. The van der Waals surface area contributed by atoms with Crippen LogP contribution in [0.15, 0.2) is 53.5 Å². The largest absolute Gasteiger partial charge is 0.383 e. The number of aliphatic imine (C=N–C) groups is 1. The number of hydrogen-bond acceptors (Lipinski definition) is 3. The zero-order valence-corrected chi connectivity index (χ0v) is 15.9. The molecule has 2 bridgehead atoms. The third-order valence-corrected chi connectivity index (χ3v) is 7.04. The molecule has 5 heterocycles. The lowest BCUT2D eigenvalue weighted by Crippen LogP contribution is -2.12. The maximum Gasteiger partial charge on any atom is 0.280 e. The van der Waals surface area contributed by atoms with Crippen molar-refractivity contribution in [1.82, 2.24) is 9.13 Å². The van der Waals surface area contributed by atoms with E-state index in [2.05, 4.69) is 44.5 Å². The van der Waals surface area contributed by atoms with Crippen molar-refractivity contribution in [2.45, 2.75) is 25.3 Å². The summed E-state index contributed by atoms with van der Waals surface area (Å²) in [5.74, 6) is 0.0615. The van der Waals surface area contributed by atoms with Gasteiger partial charge in [-0.1, -0.05) is 36.4 Å². The predicted octanol–water partition coefficient (Wildman–Crippen LogP) is 4.58. The topological polar surface area (TPSA) is 74.5 Å². The molecule has 1 fully saturated rings. The summed E-state index contributed by atoms with van der Waals surface area (Å²) >= 11 is 0. The molecule has 30 heavy (non-hydrogen) atoms. The molecule has 1 amide bonds. The minimum absolute atomic E-state index is 0.0346. The van der Waals surface area contributed by atoms with Gasteiger partial charge in [0.15, 0.2) is 0 Å². The van der Waals surface area contributed by atoms with Crippen LogP contribution in [0.1, 0.15) is 41.2 Å². The van der Waals surface area contributed by atoms with Crippen LogP contribution in [0, 0.1) is 0 Å². The van der Waals surface area contributed by atoms with E-state index >= 15 is 0 Å². The van der Waals surface area contributed by atoms with Gasteiger partial charge in [0.05, 0.1) is 27.6 Å². The number of nitrogens with two attached hydrogens (primary N) is 1. The number of aromatic nitrogens is 2. The summed E-state index contributed by atoms with van der Waals surface area (Å²) in [5.41, 5.74) is 12.1. The minimum Gasteiger partial charge on any atom is -0.383 e. The number of ether oxygens (including phenoxy) is 1. The molecule has 2 unspecified atom stereocenters. The quantitative estimate of drug-likeness (QED) is 0.419. The van der Waals surface area contributed by atoms with Gasteiger partial charge >= 0.3 is 0 Å². The molecule has 1 saturated heterocycles. The van der Waals surface area contributed by atoms with Gasteiger partial charge in [0.1, 0.15) is 18.3 Å². The summed E-state index contributed by atoms with van der Waals surface area (Å²) in [5, 5.41) is 4.10. The number of hydrogen-bond donors (Lipinski definition) is 1. The highest BCUT2D eigenvalue weighted by molar-refractivity contribution is 6.38. The molecule has 0 radical (unpaired) electrons. The number of carbonyl (C=O) groups excluding carboxylic acids is 1. The molecular weight excluding hydrogens is 376 g/mol. The molecule has 2 N–H and O–H groups in total. The molecule has 2 aromatic heterocycles. The van der Waals surface area contributed by atoms with E-state index in [-0.39, 0.29) is 18.4 Å². The maximum atomic E-state index is 13.1. The first-order valence-corrected chi connectivity index (χ1v) is 10.3. The highest BCUT2D eigenvalue weighted by Crippen LogP contribution is 2.52. The number of rotatable bonds is 0. The van der Waals surface area contributed by atoms with E-state index in [1.54, 1.807) is 0 Å². The van der Waals surface area contributed by atoms with Gasteiger partial charge in [-0.25, -0.2) is 0 Å². The number of para-hydroxylation sites is 2. The standard InChI is InChI=1S/C24H16N4O2/c25-23-19-17-11-5-1-3-7-13(11)27-15-9-10-16(30-15)28-14-8-4-2-6-12(14)18(22(28)21(17)27)20(19)24(29)26-23/h1-8,15-16H,9-10H2,(H2,25,26,29). The van der Waals surface area contributed by atoms with Crippen LogP contribution in [0.4, 0.5) is 0 Å². The molecule has 2 atom stereocenters. The number of nitrogens with zero attached hydrogens (tertiary/aromatic N) is 3. The molecule has 6 heteroatoms. The van der Waals surface area contributed by atoms with E-state index in [1.165, 1.54) is 0 Å². The van der Waals surface area contributed by atoms with Gasteiger partial charge < -0.3 is 19.6 Å². The van der Waals surface area contributed by atoms with Crippen molar-refractivity contribution in [3.8, 4) is 0 Å². The lowest BCUT2D eigenvalue weighted by Gasteiger charge is -2.15. The molecule has 3 aliphatic heterocycles. The van der Waals surface area contributed by atoms with Crippen molar-refractivity contribution in [1.29, 1.82) is 0 Å². The van der Waals surface area contributed by atoms with Gasteiger partial charge in [0, 0.05) is 27.1 Å². The maximum absolute atomic E-state index is 13.1. The second-order valence-corrected chi connectivity index (χ2v) is 8.40. The molecule has 6 nitrogen and oxygen atoms in total. The number of carbonyl (C=O) groups is 1. The Labute approximate surface area is 170 Å². The number of fused-ring (bicyclic) bond motifs is 13. The third-order valence-electron chi connectivity index (χ3n) is 7.04. The van der Waals surface area contributed by atoms with Crippen LogP contribution in [0.3, 0.4) is 0 Å². The summed E-state index contributed by atoms with van der Waals surface area (Å²) in [4.78, 5) is 17.3.